The largest absolute Gasteiger partial charge is 0.501 e. The SMILES string of the molecule is C=COCCSSCCOC=C. The van der Waals surface area contributed by atoms with Gasteiger partial charge in [-0.1, -0.05) is 34.7 Å². The van der Waals surface area contributed by atoms with Gasteiger partial charge >= 0.3 is 0 Å². The molecule has 0 rings (SSSR count). The highest BCUT2D eigenvalue weighted by molar-refractivity contribution is 8.76. The summed E-state index contributed by atoms with van der Waals surface area (Å²) in [7, 11) is 3.55. The molecular weight excluding hydrogens is 192 g/mol. The Labute approximate surface area is 81.8 Å². The fraction of sp³-hybridized carbons (Fsp3) is 0.500. The molecule has 0 radical (unpaired) electrons. The molecular formula is C8H14O2S2. The second kappa shape index (κ2) is 10.8. The maximum absolute atomic E-state index is 4.94. The number of ether oxygens (including phenoxy) is 2. The third-order valence-corrected chi connectivity index (χ3v) is 3.22. The molecule has 0 aromatic heterocycles. The zero-order valence-corrected chi connectivity index (χ0v) is 8.66. The van der Waals surface area contributed by atoms with Crippen molar-refractivity contribution < 1.29 is 9.47 Å². The van der Waals surface area contributed by atoms with Gasteiger partial charge in [0.05, 0.1) is 25.7 Å². The lowest BCUT2D eigenvalue weighted by molar-refractivity contribution is 0.273. The van der Waals surface area contributed by atoms with Crippen LogP contribution in [0.3, 0.4) is 0 Å². The van der Waals surface area contributed by atoms with Crippen LogP contribution in [0.25, 0.3) is 0 Å². The molecule has 0 spiro atoms. The van der Waals surface area contributed by atoms with Crippen LogP contribution in [-0.4, -0.2) is 24.7 Å². The van der Waals surface area contributed by atoms with Gasteiger partial charge in [0.2, 0.25) is 0 Å². The van der Waals surface area contributed by atoms with Gasteiger partial charge in [-0.25, -0.2) is 0 Å². The normalized spacial score (nSPS) is 9.00. The first-order chi connectivity index (χ1) is 5.91. The van der Waals surface area contributed by atoms with Gasteiger partial charge < -0.3 is 9.47 Å². The van der Waals surface area contributed by atoms with Crippen LogP contribution in [0.5, 0.6) is 0 Å². The molecule has 0 N–H and O–H groups in total. The van der Waals surface area contributed by atoms with Crippen LogP contribution >= 0.6 is 21.6 Å². The second-order valence-electron chi connectivity index (χ2n) is 1.72. The second-order valence-corrected chi connectivity index (χ2v) is 4.42. The average Bonchev–Trinajstić information content (AvgIpc) is 2.10. The summed E-state index contributed by atoms with van der Waals surface area (Å²) in [6, 6.07) is 0. The highest BCUT2D eigenvalue weighted by Gasteiger charge is 1.89. The van der Waals surface area contributed by atoms with Crippen LogP contribution in [0.4, 0.5) is 0 Å². The predicted octanol–water partition coefficient (Wildman–Crippen LogP) is 2.69. The van der Waals surface area contributed by atoms with E-state index in [1.165, 1.54) is 12.5 Å². The van der Waals surface area contributed by atoms with Gasteiger partial charge in [-0.05, 0) is 0 Å². The zero-order chi connectivity index (χ0) is 9.07. The van der Waals surface area contributed by atoms with E-state index in [-0.39, 0.29) is 0 Å². The lowest BCUT2D eigenvalue weighted by Crippen LogP contribution is -1.91. The van der Waals surface area contributed by atoms with E-state index in [0.717, 1.165) is 24.7 Å². The van der Waals surface area contributed by atoms with Gasteiger partial charge in [-0.3, -0.25) is 0 Å². The predicted molar refractivity (Wildman–Crippen MR) is 57.2 cm³/mol. The number of hydrogen-bond donors (Lipinski definition) is 0. The molecule has 0 unspecified atom stereocenters. The lowest BCUT2D eigenvalue weighted by Gasteiger charge is -2.00. The van der Waals surface area contributed by atoms with Crippen molar-refractivity contribution in [1.82, 2.24) is 0 Å². The van der Waals surface area contributed by atoms with Crippen molar-refractivity contribution >= 4 is 21.6 Å². The van der Waals surface area contributed by atoms with Crippen LogP contribution in [0.2, 0.25) is 0 Å². The van der Waals surface area contributed by atoms with Crippen LogP contribution < -0.4 is 0 Å². The monoisotopic (exact) mass is 206 g/mol. The molecule has 0 aliphatic rings. The van der Waals surface area contributed by atoms with Gasteiger partial charge in [0, 0.05) is 11.5 Å². The summed E-state index contributed by atoms with van der Waals surface area (Å²) in [6.45, 7) is 8.35. The molecule has 0 saturated carbocycles. The Morgan fingerprint density at radius 1 is 0.917 bits per heavy atom. The summed E-state index contributed by atoms with van der Waals surface area (Å²) in [5, 5.41) is 0. The number of hydrogen-bond acceptors (Lipinski definition) is 4. The van der Waals surface area contributed by atoms with Crippen molar-refractivity contribution in [2.24, 2.45) is 0 Å². The van der Waals surface area contributed by atoms with Crippen molar-refractivity contribution in [2.75, 3.05) is 24.7 Å². The van der Waals surface area contributed by atoms with Crippen LogP contribution in [0.15, 0.2) is 25.7 Å². The standard InChI is InChI=1S/C8H14O2S2/c1-3-9-5-7-11-12-8-6-10-4-2/h3-4H,1-2,5-8H2. The van der Waals surface area contributed by atoms with Crippen LogP contribution in [0, 0.1) is 0 Å². The Kier molecular flexibility index (Phi) is 10.6. The zero-order valence-electron chi connectivity index (χ0n) is 7.03. The summed E-state index contributed by atoms with van der Waals surface area (Å²) in [5.41, 5.74) is 0. The topological polar surface area (TPSA) is 18.5 Å². The Balaban J connectivity index is 2.81. The smallest absolute Gasteiger partial charge is 0.0971 e. The van der Waals surface area contributed by atoms with Gasteiger partial charge in [-0.15, -0.1) is 0 Å². The molecule has 0 fully saturated rings. The molecule has 2 nitrogen and oxygen atoms in total. The summed E-state index contributed by atoms with van der Waals surface area (Å²) >= 11 is 0. The van der Waals surface area contributed by atoms with Crippen molar-refractivity contribution in [1.29, 1.82) is 0 Å². The van der Waals surface area contributed by atoms with Crippen LogP contribution in [0.1, 0.15) is 0 Å². The van der Waals surface area contributed by atoms with E-state index in [1.54, 1.807) is 21.6 Å². The first-order valence-electron chi connectivity index (χ1n) is 3.61. The molecule has 0 aliphatic heterocycles. The summed E-state index contributed by atoms with van der Waals surface area (Å²) in [4.78, 5) is 0. The quantitative estimate of drug-likeness (QED) is 0.328. The van der Waals surface area contributed by atoms with E-state index in [9.17, 15) is 0 Å². The Hall–Kier alpha value is -0.220. The van der Waals surface area contributed by atoms with E-state index in [1.807, 2.05) is 0 Å². The Morgan fingerprint density at radius 2 is 1.33 bits per heavy atom. The fourth-order valence-corrected chi connectivity index (χ4v) is 2.13. The maximum Gasteiger partial charge on any atom is 0.0971 e. The fourth-order valence-electron chi connectivity index (χ4n) is 0.449. The average molecular weight is 206 g/mol. The minimum Gasteiger partial charge on any atom is -0.501 e. The third-order valence-electron chi connectivity index (χ3n) is 0.888. The molecule has 0 aromatic rings. The lowest BCUT2D eigenvalue weighted by atomic mass is 10.8. The van der Waals surface area contributed by atoms with Gasteiger partial charge in [-0.2, -0.15) is 0 Å². The molecule has 0 amide bonds. The van der Waals surface area contributed by atoms with Crippen molar-refractivity contribution in [3.8, 4) is 0 Å². The van der Waals surface area contributed by atoms with Crippen LogP contribution in [-0.2, 0) is 9.47 Å². The highest BCUT2D eigenvalue weighted by Crippen LogP contribution is 2.20. The van der Waals surface area contributed by atoms with Crippen molar-refractivity contribution in [2.45, 2.75) is 0 Å². The molecule has 70 valence electrons. The van der Waals surface area contributed by atoms with E-state index >= 15 is 0 Å². The summed E-state index contributed by atoms with van der Waals surface area (Å²) < 4.78 is 9.89. The van der Waals surface area contributed by atoms with E-state index in [0.29, 0.717) is 0 Å². The summed E-state index contributed by atoms with van der Waals surface area (Å²) in [6.07, 6.45) is 2.93. The van der Waals surface area contributed by atoms with E-state index in [2.05, 4.69) is 13.2 Å². The molecule has 0 saturated heterocycles. The molecule has 0 aromatic carbocycles. The molecule has 12 heavy (non-hydrogen) atoms. The minimum atomic E-state index is 0.726. The maximum atomic E-state index is 4.94. The first kappa shape index (κ1) is 11.8. The Bertz CT molecular complexity index is 104. The molecule has 0 atom stereocenters. The van der Waals surface area contributed by atoms with Gasteiger partial charge in [0.1, 0.15) is 0 Å². The third kappa shape index (κ3) is 9.78. The van der Waals surface area contributed by atoms with Crippen molar-refractivity contribution in [3.63, 3.8) is 0 Å². The Morgan fingerprint density at radius 3 is 1.67 bits per heavy atom. The molecule has 4 heteroatoms. The number of rotatable bonds is 9. The summed E-state index contributed by atoms with van der Waals surface area (Å²) in [5.74, 6) is 1.95. The van der Waals surface area contributed by atoms with E-state index in [4.69, 9.17) is 9.47 Å². The highest BCUT2D eigenvalue weighted by atomic mass is 33.1. The first-order valence-corrected chi connectivity index (χ1v) is 6.10. The van der Waals surface area contributed by atoms with Gasteiger partial charge in [0.25, 0.3) is 0 Å². The molecule has 0 heterocycles. The van der Waals surface area contributed by atoms with E-state index < -0.39 is 0 Å². The minimum absolute atomic E-state index is 0.726. The van der Waals surface area contributed by atoms with Gasteiger partial charge in [0.15, 0.2) is 0 Å². The molecule has 0 bridgehead atoms. The molecule has 0 aliphatic carbocycles. The van der Waals surface area contributed by atoms with Crippen molar-refractivity contribution in [3.05, 3.63) is 25.7 Å².